The van der Waals surface area contributed by atoms with Gasteiger partial charge in [0.2, 0.25) is 0 Å². The number of amidine groups is 1. The molecule has 96 valence electrons. The van der Waals surface area contributed by atoms with E-state index in [1.54, 1.807) is 4.57 Å². The summed E-state index contributed by atoms with van der Waals surface area (Å²) in [6, 6.07) is 5.69. The zero-order chi connectivity index (χ0) is 13.1. The predicted molar refractivity (Wildman–Crippen MR) is 71.0 cm³/mol. The van der Waals surface area contributed by atoms with Gasteiger partial charge in [0.25, 0.3) is 0 Å². The lowest BCUT2D eigenvalue weighted by molar-refractivity contribution is 0.494. The van der Waals surface area contributed by atoms with Gasteiger partial charge in [-0.05, 0) is 37.5 Å². The molecule has 0 saturated heterocycles. The van der Waals surface area contributed by atoms with E-state index >= 15 is 0 Å². The molecule has 2 rings (SSSR count). The Morgan fingerprint density at radius 1 is 1.44 bits per heavy atom. The maximum absolute atomic E-state index is 11.7. The van der Waals surface area contributed by atoms with Crippen molar-refractivity contribution in [3.05, 3.63) is 34.3 Å². The van der Waals surface area contributed by atoms with Crippen LogP contribution >= 0.6 is 0 Å². The lowest BCUT2D eigenvalue weighted by atomic mass is 10.2. The molecule has 0 bridgehead atoms. The number of benzene rings is 1. The van der Waals surface area contributed by atoms with E-state index in [1.807, 2.05) is 25.1 Å². The van der Waals surface area contributed by atoms with E-state index in [0.717, 1.165) is 23.9 Å². The van der Waals surface area contributed by atoms with Crippen LogP contribution in [0, 0.1) is 12.3 Å². The number of nitrogens with one attached hydrogen (secondary N) is 1. The lowest BCUT2D eigenvalue weighted by Gasteiger charge is -2.02. The predicted octanol–water partition coefficient (Wildman–Crippen LogP) is 2.01. The number of nitrogens with two attached hydrogens (primary N) is 1. The Kier molecular flexibility index (Phi) is 3.50. The SMILES string of the molecule is Cc1ccc2oc(=O)n(CCCCC(=N)N)c2c1. The monoisotopic (exact) mass is 247 g/mol. The lowest BCUT2D eigenvalue weighted by Crippen LogP contribution is -2.15. The van der Waals surface area contributed by atoms with Crippen molar-refractivity contribution in [3.8, 4) is 0 Å². The van der Waals surface area contributed by atoms with Crippen LogP contribution in [0.25, 0.3) is 11.1 Å². The standard InChI is InChI=1S/C13H17N3O2/c1-9-5-6-11-10(8-9)16(13(17)18-11)7-3-2-4-12(14)15/h5-6,8H,2-4,7H2,1H3,(H3,14,15). The number of rotatable bonds is 5. The van der Waals surface area contributed by atoms with Crippen molar-refractivity contribution in [1.82, 2.24) is 4.57 Å². The fourth-order valence-electron chi connectivity index (χ4n) is 1.97. The minimum Gasteiger partial charge on any atom is -0.408 e. The summed E-state index contributed by atoms with van der Waals surface area (Å²) >= 11 is 0. The maximum atomic E-state index is 11.7. The van der Waals surface area contributed by atoms with Crippen molar-refractivity contribution in [2.24, 2.45) is 5.73 Å². The van der Waals surface area contributed by atoms with E-state index in [2.05, 4.69) is 0 Å². The molecule has 1 aromatic heterocycles. The third-order valence-corrected chi connectivity index (χ3v) is 2.90. The molecule has 0 saturated carbocycles. The van der Waals surface area contributed by atoms with E-state index in [0.29, 0.717) is 18.5 Å². The Morgan fingerprint density at radius 2 is 2.22 bits per heavy atom. The van der Waals surface area contributed by atoms with Gasteiger partial charge in [-0.15, -0.1) is 0 Å². The third kappa shape index (κ3) is 2.61. The Morgan fingerprint density at radius 3 is 2.94 bits per heavy atom. The molecule has 0 fully saturated rings. The first-order chi connectivity index (χ1) is 8.58. The minimum atomic E-state index is -0.321. The molecule has 3 N–H and O–H groups in total. The molecule has 5 nitrogen and oxygen atoms in total. The summed E-state index contributed by atoms with van der Waals surface area (Å²) in [7, 11) is 0. The van der Waals surface area contributed by atoms with Crippen LogP contribution in [0.4, 0.5) is 0 Å². The fourth-order valence-corrected chi connectivity index (χ4v) is 1.97. The van der Waals surface area contributed by atoms with Gasteiger partial charge in [0, 0.05) is 13.0 Å². The number of oxazole rings is 1. The molecule has 5 heteroatoms. The third-order valence-electron chi connectivity index (χ3n) is 2.90. The van der Waals surface area contributed by atoms with E-state index in [1.165, 1.54) is 0 Å². The highest BCUT2D eigenvalue weighted by atomic mass is 16.4. The number of aryl methyl sites for hydroxylation is 2. The van der Waals surface area contributed by atoms with Crippen LogP contribution in [-0.2, 0) is 6.54 Å². The first kappa shape index (κ1) is 12.4. The van der Waals surface area contributed by atoms with Gasteiger partial charge in [-0.25, -0.2) is 4.79 Å². The van der Waals surface area contributed by atoms with E-state index in [-0.39, 0.29) is 11.6 Å². The molecular weight excluding hydrogens is 230 g/mol. The van der Waals surface area contributed by atoms with Crippen LogP contribution in [-0.4, -0.2) is 10.4 Å². The van der Waals surface area contributed by atoms with Gasteiger partial charge in [-0.1, -0.05) is 6.07 Å². The Hall–Kier alpha value is -2.04. The quantitative estimate of drug-likeness (QED) is 0.481. The second kappa shape index (κ2) is 5.08. The summed E-state index contributed by atoms with van der Waals surface area (Å²) in [5.74, 6) is -0.131. The molecule has 0 atom stereocenters. The summed E-state index contributed by atoms with van der Waals surface area (Å²) in [4.78, 5) is 11.7. The molecule has 2 aromatic rings. The van der Waals surface area contributed by atoms with Crippen LogP contribution in [0.1, 0.15) is 24.8 Å². The highest BCUT2D eigenvalue weighted by Gasteiger charge is 2.08. The topological polar surface area (TPSA) is 85.0 Å². The van der Waals surface area contributed by atoms with Crippen LogP contribution in [0.15, 0.2) is 27.4 Å². The number of fused-ring (bicyclic) bond motifs is 1. The van der Waals surface area contributed by atoms with Crippen LogP contribution in [0.3, 0.4) is 0 Å². The summed E-state index contributed by atoms with van der Waals surface area (Å²) in [5.41, 5.74) is 7.84. The van der Waals surface area contributed by atoms with E-state index < -0.39 is 0 Å². The molecule has 0 aliphatic heterocycles. The highest BCUT2D eigenvalue weighted by molar-refractivity contribution is 5.76. The zero-order valence-corrected chi connectivity index (χ0v) is 10.4. The van der Waals surface area contributed by atoms with Gasteiger partial charge in [0.05, 0.1) is 11.4 Å². The number of unbranched alkanes of at least 4 members (excludes halogenated alkanes) is 1. The molecular formula is C13H17N3O2. The van der Waals surface area contributed by atoms with E-state index in [4.69, 9.17) is 15.6 Å². The first-order valence-electron chi connectivity index (χ1n) is 6.01. The second-order valence-electron chi connectivity index (χ2n) is 4.47. The molecule has 0 radical (unpaired) electrons. The Balaban J connectivity index is 2.17. The van der Waals surface area contributed by atoms with E-state index in [9.17, 15) is 4.79 Å². The van der Waals surface area contributed by atoms with Crippen molar-refractivity contribution in [2.45, 2.75) is 32.7 Å². The van der Waals surface area contributed by atoms with Crippen molar-refractivity contribution in [2.75, 3.05) is 0 Å². The number of aromatic nitrogens is 1. The fraction of sp³-hybridized carbons (Fsp3) is 0.385. The van der Waals surface area contributed by atoms with Crippen molar-refractivity contribution in [1.29, 1.82) is 5.41 Å². The number of hydrogen-bond donors (Lipinski definition) is 2. The smallest absolute Gasteiger partial charge is 0.408 e. The molecule has 1 heterocycles. The molecule has 0 spiro atoms. The van der Waals surface area contributed by atoms with Gasteiger partial charge in [0.15, 0.2) is 5.58 Å². The molecule has 0 aliphatic rings. The normalized spacial score (nSPS) is 10.9. The van der Waals surface area contributed by atoms with Gasteiger partial charge < -0.3 is 10.2 Å². The Bertz CT molecular complexity index is 625. The summed E-state index contributed by atoms with van der Waals surface area (Å²) < 4.78 is 6.81. The summed E-state index contributed by atoms with van der Waals surface area (Å²) in [6.07, 6.45) is 2.19. The van der Waals surface area contributed by atoms with Gasteiger partial charge >= 0.3 is 5.76 Å². The van der Waals surface area contributed by atoms with Crippen LogP contribution in [0.2, 0.25) is 0 Å². The molecule has 0 amide bonds. The average molecular weight is 247 g/mol. The second-order valence-corrected chi connectivity index (χ2v) is 4.47. The molecule has 1 aromatic carbocycles. The number of hydrogen-bond acceptors (Lipinski definition) is 3. The van der Waals surface area contributed by atoms with Crippen LogP contribution < -0.4 is 11.5 Å². The molecule has 0 unspecified atom stereocenters. The summed E-state index contributed by atoms with van der Waals surface area (Å²) in [6.45, 7) is 2.58. The first-order valence-corrected chi connectivity index (χ1v) is 6.01. The van der Waals surface area contributed by atoms with Gasteiger partial charge in [-0.2, -0.15) is 0 Å². The molecule has 18 heavy (non-hydrogen) atoms. The Labute approximate surface area is 105 Å². The minimum absolute atomic E-state index is 0.190. The average Bonchev–Trinajstić information content (AvgIpc) is 2.60. The van der Waals surface area contributed by atoms with Gasteiger partial charge in [0.1, 0.15) is 0 Å². The van der Waals surface area contributed by atoms with Crippen molar-refractivity contribution >= 4 is 16.9 Å². The maximum Gasteiger partial charge on any atom is 0.419 e. The molecule has 0 aliphatic carbocycles. The highest BCUT2D eigenvalue weighted by Crippen LogP contribution is 2.15. The van der Waals surface area contributed by atoms with Gasteiger partial charge in [-0.3, -0.25) is 9.98 Å². The zero-order valence-electron chi connectivity index (χ0n) is 10.4. The van der Waals surface area contributed by atoms with Crippen LogP contribution in [0.5, 0.6) is 0 Å². The number of nitrogens with zero attached hydrogens (tertiary/aromatic N) is 1. The van der Waals surface area contributed by atoms with Crippen molar-refractivity contribution in [3.63, 3.8) is 0 Å². The largest absolute Gasteiger partial charge is 0.419 e. The van der Waals surface area contributed by atoms with Crippen molar-refractivity contribution < 1.29 is 4.42 Å². The summed E-state index contributed by atoms with van der Waals surface area (Å²) in [5, 5.41) is 7.14.